The molecule has 1 amide bonds. The lowest BCUT2D eigenvalue weighted by Crippen LogP contribution is -2.20. The predicted octanol–water partition coefficient (Wildman–Crippen LogP) is 6.77. The lowest BCUT2D eigenvalue weighted by atomic mass is 9.89. The van der Waals surface area contributed by atoms with Gasteiger partial charge in [0.1, 0.15) is 11.3 Å². The van der Waals surface area contributed by atoms with Crippen molar-refractivity contribution in [2.45, 2.75) is 71.6 Å². The summed E-state index contributed by atoms with van der Waals surface area (Å²) in [6.45, 7) is 3.96. The second-order valence-corrected chi connectivity index (χ2v) is 9.53. The fourth-order valence-corrected chi connectivity index (χ4v) is 4.78. The van der Waals surface area contributed by atoms with E-state index >= 15 is 0 Å². The number of carbonyl (C=O) groups is 1. The lowest BCUT2D eigenvalue weighted by molar-refractivity contribution is -0.118. The number of carbonyl (C=O) groups excluding carboxylic acids is 1. The van der Waals surface area contributed by atoms with Gasteiger partial charge in [-0.25, -0.2) is 4.79 Å². The molecule has 1 aliphatic rings. The number of fused-ring (bicyclic) bond motifs is 3. The zero-order chi connectivity index (χ0) is 24.1. The summed E-state index contributed by atoms with van der Waals surface area (Å²) in [6.07, 6.45) is 9.18. The number of nitrogens with one attached hydrogen (secondary N) is 1. The number of hydrogen-bond donors (Lipinski definition) is 1. The Morgan fingerprint density at radius 2 is 1.88 bits per heavy atom. The average molecular weight is 482 g/mol. The van der Waals surface area contributed by atoms with Crippen molar-refractivity contribution in [2.24, 2.45) is 0 Å². The molecular formula is C28H32ClNO4. The molecule has 0 unspecified atom stereocenters. The minimum Gasteiger partial charge on any atom is -0.483 e. The quantitative estimate of drug-likeness (QED) is 0.270. The van der Waals surface area contributed by atoms with Gasteiger partial charge in [0.25, 0.3) is 5.91 Å². The van der Waals surface area contributed by atoms with Crippen LogP contribution in [0.1, 0.15) is 67.7 Å². The second-order valence-electron chi connectivity index (χ2n) is 9.12. The maximum atomic E-state index is 12.6. The zero-order valence-corrected chi connectivity index (χ0v) is 20.7. The minimum atomic E-state index is -0.274. The molecule has 0 aliphatic heterocycles. The Balaban J connectivity index is 1.58. The molecule has 6 heteroatoms. The van der Waals surface area contributed by atoms with E-state index in [0.29, 0.717) is 22.0 Å². The highest BCUT2D eigenvalue weighted by Crippen LogP contribution is 2.33. The summed E-state index contributed by atoms with van der Waals surface area (Å²) in [5.41, 5.74) is 4.84. The summed E-state index contributed by atoms with van der Waals surface area (Å²) in [5.74, 6) is 0.323. The number of ether oxygens (including phenoxy) is 1. The molecule has 0 radical (unpaired) electrons. The number of anilines is 1. The van der Waals surface area contributed by atoms with Gasteiger partial charge in [-0.3, -0.25) is 4.79 Å². The summed E-state index contributed by atoms with van der Waals surface area (Å²) in [5, 5.41) is 4.43. The van der Waals surface area contributed by atoms with E-state index in [9.17, 15) is 9.59 Å². The van der Waals surface area contributed by atoms with Crippen molar-refractivity contribution in [3.05, 3.63) is 68.0 Å². The molecular weight excluding hydrogens is 450 g/mol. The van der Waals surface area contributed by atoms with Gasteiger partial charge in [-0.1, -0.05) is 43.9 Å². The minimum absolute atomic E-state index is 0.145. The van der Waals surface area contributed by atoms with Gasteiger partial charge in [0.2, 0.25) is 0 Å². The van der Waals surface area contributed by atoms with Crippen LogP contribution < -0.4 is 15.7 Å². The number of aryl methyl sites for hydroxylation is 3. The van der Waals surface area contributed by atoms with Crippen molar-refractivity contribution in [2.75, 3.05) is 11.9 Å². The summed E-state index contributed by atoms with van der Waals surface area (Å²) >= 11 is 6.16. The molecule has 1 N–H and O–H groups in total. The van der Waals surface area contributed by atoms with Crippen LogP contribution in [0.5, 0.6) is 5.75 Å². The van der Waals surface area contributed by atoms with Crippen molar-refractivity contribution < 1.29 is 13.9 Å². The van der Waals surface area contributed by atoms with Crippen LogP contribution in [0.15, 0.2) is 39.5 Å². The molecule has 3 aromatic rings. The standard InChI is InChI=1S/C28H32ClNO4/c1-3-4-5-6-9-19-14-23-21-10-7-8-11-22(21)28(32)34-26(23)16-25(19)33-17-27(31)30-20-13-12-18(2)24(29)15-20/h12-16H,3-11,17H2,1-2H3,(H,30,31). The fraction of sp³-hybridized carbons (Fsp3) is 0.429. The molecule has 0 saturated heterocycles. The van der Waals surface area contributed by atoms with E-state index < -0.39 is 0 Å². The van der Waals surface area contributed by atoms with Crippen LogP contribution in [0.25, 0.3) is 11.0 Å². The van der Waals surface area contributed by atoms with Crippen LogP contribution in [-0.2, 0) is 24.1 Å². The summed E-state index contributed by atoms with van der Waals surface area (Å²) in [4.78, 5) is 25.1. The van der Waals surface area contributed by atoms with Crippen molar-refractivity contribution in [1.29, 1.82) is 0 Å². The molecule has 0 spiro atoms. The first-order valence-electron chi connectivity index (χ1n) is 12.3. The third-order valence-electron chi connectivity index (χ3n) is 6.52. The zero-order valence-electron chi connectivity index (χ0n) is 20.0. The van der Waals surface area contributed by atoms with Gasteiger partial charge in [0, 0.05) is 27.7 Å². The topological polar surface area (TPSA) is 68.5 Å². The highest BCUT2D eigenvalue weighted by molar-refractivity contribution is 6.31. The van der Waals surface area contributed by atoms with Gasteiger partial charge in [-0.05, 0) is 80.3 Å². The van der Waals surface area contributed by atoms with Crippen LogP contribution >= 0.6 is 11.6 Å². The number of halogens is 1. The van der Waals surface area contributed by atoms with Crippen LogP contribution in [0, 0.1) is 6.92 Å². The largest absolute Gasteiger partial charge is 0.483 e. The van der Waals surface area contributed by atoms with E-state index in [-0.39, 0.29) is 18.1 Å². The van der Waals surface area contributed by atoms with Crippen LogP contribution in [-0.4, -0.2) is 12.5 Å². The van der Waals surface area contributed by atoms with E-state index in [1.54, 1.807) is 12.1 Å². The van der Waals surface area contributed by atoms with Crippen molar-refractivity contribution in [3.63, 3.8) is 0 Å². The molecule has 0 saturated carbocycles. The molecule has 0 atom stereocenters. The van der Waals surface area contributed by atoms with Crippen LogP contribution in [0.3, 0.4) is 0 Å². The molecule has 180 valence electrons. The average Bonchev–Trinajstić information content (AvgIpc) is 2.83. The SMILES string of the molecule is CCCCCCc1cc2c3c(c(=O)oc2cc1OCC(=O)Nc1ccc(C)c(Cl)c1)CCCC3. The van der Waals surface area contributed by atoms with Crippen LogP contribution in [0.2, 0.25) is 5.02 Å². The first-order chi connectivity index (χ1) is 16.5. The summed E-state index contributed by atoms with van der Waals surface area (Å²) in [7, 11) is 0. The van der Waals surface area contributed by atoms with Crippen molar-refractivity contribution in [3.8, 4) is 5.75 Å². The molecule has 0 bridgehead atoms. The predicted molar refractivity (Wildman–Crippen MR) is 137 cm³/mol. The molecule has 5 nitrogen and oxygen atoms in total. The number of hydrogen-bond acceptors (Lipinski definition) is 4. The third kappa shape index (κ3) is 5.64. The van der Waals surface area contributed by atoms with E-state index in [2.05, 4.69) is 18.3 Å². The van der Waals surface area contributed by atoms with Gasteiger partial charge < -0.3 is 14.5 Å². The first kappa shape index (κ1) is 24.3. The van der Waals surface area contributed by atoms with Crippen molar-refractivity contribution >= 4 is 34.2 Å². The molecule has 1 heterocycles. The molecule has 1 aliphatic carbocycles. The second kappa shape index (κ2) is 11.1. The van der Waals surface area contributed by atoms with Gasteiger partial charge in [-0.15, -0.1) is 0 Å². The lowest BCUT2D eigenvalue weighted by Gasteiger charge is -2.18. The molecule has 34 heavy (non-hydrogen) atoms. The highest BCUT2D eigenvalue weighted by Gasteiger charge is 2.20. The maximum Gasteiger partial charge on any atom is 0.339 e. The van der Waals surface area contributed by atoms with E-state index in [4.69, 9.17) is 20.8 Å². The Morgan fingerprint density at radius 1 is 1.09 bits per heavy atom. The summed E-state index contributed by atoms with van der Waals surface area (Å²) in [6, 6.07) is 9.30. The Hall–Kier alpha value is -2.79. The smallest absolute Gasteiger partial charge is 0.339 e. The number of amides is 1. The first-order valence-corrected chi connectivity index (χ1v) is 12.6. The van der Waals surface area contributed by atoms with Gasteiger partial charge >= 0.3 is 5.63 Å². The molecule has 0 fully saturated rings. The third-order valence-corrected chi connectivity index (χ3v) is 6.93. The van der Waals surface area contributed by atoms with Gasteiger partial charge in [-0.2, -0.15) is 0 Å². The van der Waals surface area contributed by atoms with E-state index in [0.717, 1.165) is 72.6 Å². The fourth-order valence-electron chi connectivity index (χ4n) is 4.60. The molecule has 2 aromatic carbocycles. The normalized spacial score (nSPS) is 13.0. The number of rotatable bonds is 9. The van der Waals surface area contributed by atoms with Crippen molar-refractivity contribution in [1.82, 2.24) is 0 Å². The number of unbranched alkanes of at least 4 members (excludes halogenated alkanes) is 3. The monoisotopic (exact) mass is 481 g/mol. The Bertz CT molecular complexity index is 1250. The van der Waals surface area contributed by atoms with E-state index in [1.165, 1.54) is 12.8 Å². The highest BCUT2D eigenvalue weighted by atomic mass is 35.5. The molecule has 1 aromatic heterocycles. The Morgan fingerprint density at radius 3 is 2.65 bits per heavy atom. The molecule has 4 rings (SSSR count). The summed E-state index contributed by atoms with van der Waals surface area (Å²) < 4.78 is 11.6. The Kier molecular flexibility index (Phi) is 7.94. The van der Waals surface area contributed by atoms with Gasteiger partial charge in [0.15, 0.2) is 6.61 Å². The van der Waals surface area contributed by atoms with Crippen LogP contribution in [0.4, 0.5) is 5.69 Å². The van der Waals surface area contributed by atoms with E-state index in [1.807, 2.05) is 19.1 Å². The number of benzene rings is 2. The maximum absolute atomic E-state index is 12.6. The Labute approximate surface area is 205 Å². The van der Waals surface area contributed by atoms with Gasteiger partial charge in [0.05, 0.1) is 0 Å².